The molecule has 2 rings (SSSR count). The van der Waals surface area contributed by atoms with Crippen molar-refractivity contribution in [3.05, 3.63) is 5.82 Å². The number of tetrazole rings is 1. The number of aliphatic carboxylic acids is 1. The summed E-state index contributed by atoms with van der Waals surface area (Å²) in [6, 6.07) is -0.820. The van der Waals surface area contributed by atoms with Gasteiger partial charge >= 0.3 is 12.1 Å². The van der Waals surface area contributed by atoms with E-state index in [0.717, 1.165) is 0 Å². The fraction of sp³-hybridized carbons (Fsp3) is 0.750. The molecule has 1 fully saturated rings. The average molecular weight is 250 g/mol. The molecule has 94 valence electrons. The molecule has 1 aromatic heterocycles. The molecule has 9 heteroatoms. The second-order valence-corrected chi connectivity index (χ2v) is 3.95. The lowest BCUT2D eigenvalue weighted by Crippen LogP contribution is -2.23. The predicted molar refractivity (Wildman–Crippen MR) is 46.8 cm³/mol. The zero-order valence-electron chi connectivity index (χ0n) is 8.55. The summed E-state index contributed by atoms with van der Waals surface area (Å²) < 4.78 is 38.2. The van der Waals surface area contributed by atoms with Gasteiger partial charge in [-0.15, -0.1) is 5.10 Å². The fourth-order valence-corrected chi connectivity index (χ4v) is 1.72. The molecule has 0 saturated heterocycles. The quantitative estimate of drug-likeness (QED) is 0.865. The van der Waals surface area contributed by atoms with Crippen LogP contribution in [0.4, 0.5) is 13.2 Å². The number of alkyl halides is 3. The van der Waals surface area contributed by atoms with E-state index >= 15 is 0 Å². The van der Waals surface area contributed by atoms with Crippen molar-refractivity contribution in [2.45, 2.75) is 31.5 Å². The number of rotatable bonds is 4. The van der Waals surface area contributed by atoms with Crippen molar-refractivity contribution in [2.75, 3.05) is 0 Å². The summed E-state index contributed by atoms with van der Waals surface area (Å²) in [5, 5.41) is 17.8. The van der Waals surface area contributed by atoms with E-state index in [1.807, 2.05) is 0 Å². The van der Waals surface area contributed by atoms with Gasteiger partial charge in [-0.05, 0) is 29.2 Å². The van der Waals surface area contributed by atoms with Gasteiger partial charge in [-0.2, -0.15) is 13.2 Å². The van der Waals surface area contributed by atoms with Crippen LogP contribution in [0, 0.1) is 5.92 Å². The largest absolute Gasteiger partial charge is 0.481 e. The van der Waals surface area contributed by atoms with E-state index in [1.54, 1.807) is 0 Å². The lowest BCUT2D eigenvalue weighted by molar-refractivity contribution is -0.150. The first-order valence-corrected chi connectivity index (χ1v) is 4.96. The smallest absolute Gasteiger partial charge is 0.453 e. The normalized spacial score (nSPS) is 18.1. The second-order valence-electron chi connectivity index (χ2n) is 3.95. The molecule has 0 bridgehead atoms. The summed E-state index contributed by atoms with van der Waals surface area (Å²) in [5.41, 5.74) is 0. The number of carboxylic acids is 1. The van der Waals surface area contributed by atoms with Crippen LogP contribution in [0.1, 0.15) is 31.1 Å². The van der Waals surface area contributed by atoms with Crippen LogP contribution < -0.4 is 0 Å². The highest BCUT2D eigenvalue weighted by Gasteiger charge is 2.43. The van der Waals surface area contributed by atoms with E-state index in [-0.39, 0.29) is 5.92 Å². The van der Waals surface area contributed by atoms with Crippen LogP contribution in [-0.4, -0.2) is 31.3 Å². The van der Waals surface area contributed by atoms with Crippen molar-refractivity contribution in [3.63, 3.8) is 0 Å². The average Bonchev–Trinajstić information content (AvgIpc) is 2.89. The molecule has 1 N–H and O–H groups in total. The van der Waals surface area contributed by atoms with Gasteiger partial charge in [0.25, 0.3) is 5.82 Å². The summed E-state index contributed by atoms with van der Waals surface area (Å²) in [6.45, 7) is 0. The monoisotopic (exact) mass is 250 g/mol. The predicted octanol–water partition coefficient (Wildman–Crippen LogP) is 1.12. The minimum atomic E-state index is -4.67. The Morgan fingerprint density at radius 2 is 2.18 bits per heavy atom. The van der Waals surface area contributed by atoms with E-state index in [4.69, 9.17) is 5.11 Å². The molecule has 1 unspecified atom stereocenters. The summed E-state index contributed by atoms with van der Waals surface area (Å²) in [4.78, 5) is 10.6. The molecule has 1 aromatic rings. The number of carboxylic acid groups (broad SMARTS) is 1. The molecule has 0 aliphatic heterocycles. The fourth-order valence-electron chi connectivity index (χ4n) is 1.72. The second kappa shape index (κ2) is 3.97. The SMILES string of the molecule is O=C(O)CC(C1CC1)n1nnnc1C(F)(F)F. The van der Waals surface area contributed by atoms with Gasteiger partial charge in [0.05, 0.1) is 12.5 Å². The molecule has 1 aliphatic carbocycles. The molecule has 0 radical (unpaired) electrons. The van der Waals surface area contributed by atoms with Crippen molar-refractivity contribution >= 4 is 5.97 Å². The van der Waals surface area contributed by atoms with Crippen LogP contribution in [0.2, 0.25) is 0 Å². The van der Waals surface area contributed by atoms with Crippen LogP contribution >= 0.6 is 0 Å². The minimum Gasteiger partial charge on any atom is -0.481 e. The van der Waals surface area contributed by atoms with Crippen LogP contribution in [-0.2, 0) is 11.0 Å². The Bertz CT molecular complexity index is 427. The number of carbonyl (C=O) groups is 1. The van der Waals surface area contributed by atoms with E-state index in [1.165, 1.54) is 0 Å². The van der Waals surface area contributed by atoms with E-state index in [2.05, 4.69) is 15.5 Å². The van der Waals surface area contributed by atoms with E-state index < -0.39 is 30.4 Å². The molecule has 6 nitrogen and oxygen atoms in total. The first-order valence-electron chi connectivity index (χ1n) is 4.96. The van der Waals surface area contributed by atoms with Crippen molar-refractivity contribution in [3.8, 4) is 0 Å². The zero-order valence-corrected chi connectivity index (χ0v) is 8.55. The molecular formula is C8H9F3N4O2. The van der Waals surface area contributed by atoms with E-state index in [9.17, 15) is 18.0 Å². The van der Waals surface area contributed by atoms with Gasteiger partial charge in [-0.25, -0.2) is 4.68 Å². The Kier molecular flexibility index (Phi) is 2.76. The summed E-state index contributed by atoms with van der Waals surface area (Å²) in [6.07, 6.45) is -3.67. The van der Waals surface area contributed by atoms with E-state index in [0.29, 0.717) is 17.5 Å². The maximum atomic E-state index is 12.6. The summed E-state index contributed by atoms with van der Waals surface area (Å²) in [7, 11) is 0. The van der Waals surface area contributed by atoms with Crippen molar-refractivity contribution in [2.24, 2.45) is 5.92 Å². The Labute approximate surface area is 93.4 Å². The van der Waals surface area contributed by atoms with Gasteiger partial charge in [0, 0.05) is 0 Å². The van der Waals surface area contributed by atoms with Crippen molar-refractivity contribution in [1.29, 1.82) is 0 Å². The standard InChI is InChI=1S/C8H9F3N4O2/c9-8(10,11)7-12-13-14-15(7)5(3-6(16)17)4-1-2-4/h4-5H,1-3H2,(H,16,17). The first-order chi connectivity index (χ1) is 7.89. The minimum absolute atomic E-state index is 0.0873. The molecule has 0 aromatic carbocycles. The number of halogens is 3. The van der Waals surface area contributed by atoms with Gasteiger partial charge < -0.3 is 5.11 Å². The maximum absolute atomic E-state index is 12.6. The lowest BCUT2D eigenvalue weighted by Gasteiger charge is -2.16. The van der Waals surface area contributed by atoms with Gasteiger partial charge in [-0.1, -0.05) is 0 Å². The van der Waals surface area contributed by atoms with Crippen LogP contribution in [0.3, 0.4) is 0 Å². The third kappa shape index (κ3) is 2.53. The Balaban J connectivity index is 2.30. The Morgan fingerprint density at radius 3 is 2.65 bits per heavy atom. The van der Waals surface area contributed by atoms with Crippen molar-refractivity contribution in [1.82, 2.24) is 20.2 Å². The lowest BCUT2D eigenvalue weighted by atomic mass is 10.1. The Morgan fingerprint density at radius 1 is 1.53 bits per heavy atom. The molecule has 1 saturated carbocycles. The van der Waals surface area contributed by atoms with Crippen molar-refractivity contribution < 1.29 is 23.1 Å². The van der Waals surface area contributed by atoms with Crippen LogP contribution in [0.15, 0.2) is 0 Å². The highest BCUT2D eigenvalue weighted by Crippen LogP contribution is 2.42. The maximum Gasteiger partial charge on any atom is 0.453 e. The topological polar surface area (TPSA) is 80.9 Å². The molecule has 1 aliphatic rings. The molecule has 1 atom stereocenters. The highest BCUT2D eigenvalue weighted by atomic mass is 19.4. The number of hydrogen-bond acceptors (Lipinski definition) is 4. The number of aromatic nitrogens is 4. The van der Waals surface area contributed by atoms with Gasteiger partial charge in [0.2, 0.25) is 0 Å². The Hall–Kier alpha value is -1.67. The third-order valence-corrected chi connectivity index (χ3v) is 2.61. The van der Waals surface area contributed by atoms with Crippen LogP contribution in [0.25, 0.3) is 0 Å². The molecular weight excluding hydrogens is 241 g/mol. The molecule has 1 heterocycles. The zero-order chi connectivity index (χ0) is 12.6. The van der Waals surface area contributed by atoms with Gasteiger partial charge in [-0.3, -0.25) is 4.79 Å². The highest BCUT2D eigenvalue weighted by molar-refractivity contribution is 5.67. The first kappa shape index (κ1) is 11.8. The van der Waals surface area contributed by atoms with Gasteiger partial charge in [0.1, 0.15) is 0 Å². The number of nitrogens with zero attached hydrogens (tertiary/aromatic N) is 4. The van der Waals surface area contributed by atoms with Crippen LogP contribution in [0.5, 0.6) is 0 Å². The van der Waals surface area contributed by atoms with Gasteiger partial charge in [0.15, 0.2) is 0 Å². The molecule has 0 spiro atoms. The third-order valence-electron chi connectivity index (χ3n) is 2.61. The molecule has 17 heavy (non-hydrogen) atoms. The number of hydrogen-bond donors (Lipinski definition) is 1. The molecule has 0 amide bonds. The summed E-state index contributed by atoms with van der Waals surface area (Å²) in [5.74, 6) is -2.49. The summed E-state index contributed by atoms with van der Waals surface area (Å²) >= 11 is 0.